The van der Waals surface area contributed by atoms with Crippen LogP contribution in [0.3, 0.4) is 0 Å². The minimum absolute atomic E-state index is 0.0937. The van der Waals surface area contributed by atoms with Crippen LogP contribution in [0.1, 0.15) is 15.9 Å². The lowest BCUT2D eigenvalue weighted by Crippen LogP contribution is -2.00. The normalized spacial score (nSPS) is 11.0. The van der Waals surface area contributed by atoms with Crippen molar-refractivity contribution in [3.8, 4) is 11.1 Å². The number of carbonyl (C=O) groups excluding carboxylic acids is 1. The molecule has 0 bridgehead atoms. The van der Waals surface area contributed by atoms with Gasteiger partial charge in [0.1, 0.15) is 5.65 Å². The molecule has 4 rings (SSSR count). The van der Waals surface area contributed by atoms with E-state index in [-0.39, 0.29) is 5.78 Å². The first-order valence-electron chi connectivity index (χ1n) is 7.65. The van der Waals surface area contributed by atoms with Crippen molar-refractivity contribution < 1.29 is 4.79 Å². The van der Waals surface area contributed by atoms with Crippen molar-refractivity contribution in [1.82, 2.24) is 9.97 Å². The van der Waals surface area contributed by atoms with E-state index in [9.17, 15) is 4.79 Å². The predicted molar refractivity (Wildman–Crippen MR) is 101 cm³/mol. The number of ketones is 1. The van der Waals surface area contributed by atoms with Crippen molar-refractivity contribution in [2.75, 3.05) is 0 Å². The van der Waals surface area contributed by atoms with Crippen molar-refractivity contribution in [2.45, 2.75) is 0 Å². The highest BCUT2D eigenvalue weighted by molar-refractivity contribution is 6.31. The van der Waals surface area contributed by atoms with Crippen LogP contribution in [0.4, 0.5) is 0 Å². The third-order valence-corrected chi connectivity index (χ3v) is 4.53. The molecule has 0 amide bonds. The number of nitrogens with zero attached hydrogens (tertiary/aromatic N) is 1. The Hall–Kier alpha value is -2.62. The summed E-state index contributed by atoms with van der Waals surface area (Å²) in [5.41, 5.74) is 3.69. The second-order valence-electron chi connectivity index (χ2n) is 5.67. The SMILES string of the molecule is O=C(c1cccc(Cl)c1)c1c[nH]c2ncc(-c3ccc(Cl)cc3)cc12. The summed E-state index contributed by atoms with van der Waals surface area (Å²) in [4.78, 5) is 20.3. The Morgan fingerprint density at radius 3 is 2.48 bits per heavy atom. The quantitative estimate of drug-likeness (QED) is 0.468. The molecule has 1 N–H and O–H groups in total. The van der Waals surface area contributed by atoms with Crippen LogP contribution in [0.25, 0.3) is 22.2 Å². The van der Waals surface area contributed by atoms with Gasteiger partial charge in [-0.05, 0) is 35.9 Å². The van der Waals surface area contributed by atoms with E-state index in [2.05, 4.69) is 9.97 Å². The van der Waals surface area contributed by atoms with Crippen molar-refractivity contribution in [3.63, 3.8) is 0 Å². The maximum absolute atomic E-state index is 12.8. The summed E-state index contributed by atoms with van der Waals surface area (Å²) in [7, 11) is 0. The minimum Gasteiger partial charge on any atom is -0.345 e. The van der Waals surface area contributed by atoms with Crippen LogP contribution < -0.4 is 0 Å². The summed E-state index contributed by atoms with van der Waals surface area (Å²) in [6.45, 7) is 0. The van der Waals surface area contributed by atoms with Crippen LogP contribution in [-0.2, 0) is 0 Å². The van der Waals surface area contributed by atoms with E-state index >= 15 is 0 Å². The van der Waals surface area contributed by atoms with Gasteiger partial charge in [0.25, 0.3) is 0 Å². The number of hydrogen-bond acceptors (Lipinski definition) is 2. The molecule has 0 spiro atoms. The van der Waals surface area contributed by atoms with E-state index in [1.165, 1.54) is 0 Å². The van der Waals surface area contributed by atoms with Gasteiger partial charge in [-0.15, -0.1) is 0 Å². The number of aromatic amines is 1. The summed E-state index contributed by atoms with van der Waals surface area (Å²) in [5, 5.41) is 1.99. The Kier molecular flexibility index (Phi) is 4.04. The van der Waals surface area contributed by atoms with E-state index in [4.69, 9.17) is 23.2 Å². The summed E-state index contributed by atoms with van der Waals surface area (Å²) >= 11 is 12.0. The van der Waals surface area contributed by atoms with Gasteiger partial charge in [0.05, 0.1) is 0 Å². The highest BCUT2D eigenvalue weighted by atomic mass is 35.5. The Morgan fingerprint density at radius 2 is 1.72 bits per heavy atom. The monoisotopic (exact) mass is 366 g/mol. The second-order valence-corrected chi connectivity index (χ2v) is 6.54. The lowest BCUT2D eigenvalue weighted by Gasteiger charge is -2.04. The lowest BCUT2D eigenvalue weighted by molar-refractivity contribution is 0.104. The number of aromatic nitrogens is 2. The molecule has 0 aliphatic heterocycles. The van der Waals surface area contributed by atoms with E-state index in [1.807, 2.05) is 30.3 Å². The number of carbonyl (C=O) groups is 1. The van der Waals surface area contributed by atoms with Crippen LogP contribution >= 0.6 is 23.2 Å². The Bertz CT molecular complexity index is 1080. The van der Waals surface area contributed by atoms with Crippen LogP contribution in [-0.4, -0.2) is 15.8 Å². The first-order chi connectivity index (χ1) is 12.1. The molecule has 0 fully saturated rings. The third-order valence-electron chi connectivity index (χ3n) is 4.04. The number of fused-ring (bicyclic) bond motifs is 1. The van der Waals surface area contributed by atoms with Gasteiger partial charge in [-0.2, -0.15) is 0 Å². The number of benzene rings is 2. The Balaban J connectivity index is 1.81. The fraction of sp³-hybridized carbons (Fsp3) is 0. The Labute approximate surface area is 154 Å². The van der Waals surface area contributed by atoms with E-state index in [0.29, 0.717) is 26.8 Å². The van der Waals surface area contributed by atoms with Crippen LogP contribution in [0.5, 0.6) is 0 Å². The Morgan fingerprint density at radius 1 is 0.920 bits per heavy atom. The molecule has 4 aromatic rings. The fourth-order valence-corrected chi connectivity index (χ4v) is 3.09. The molecule has 0 aliphatic rings. The molecule has 0 radical (unpaired) electrons. The standard InChI is InChI=1S/C20H12Cl2N2O/c21-15-6-4-12(5-7-15)14-9-17-18(11-24-20(17)23-10-14)19(25)13-2-1-3-16(22)8-13/h1-11H,(H,23,24). The van der Waals surface area contributed by atoms with Gasteiger partial charge in [-0.3, -0.25) is 4.79 Å². The largest absolute Gasteiger partial charge is 0.345 e. The first-order valence-corrected chi connectivity index (χ1v) is 8.41. The second kappa shape index (κ2) is 6.36. The zero-order valence-electron chi connectivity index (χ0n) is 13.0. The van der Waals surface area contributed by atoms with E-state index in [0.717, 1.165) is 16.5 Å². The van der Waals surface area contributed by atoms with E-state index in [1.54, 1.807) is 36.7 Å². The smallest absolute Gasteiger partial charge is 0.195 e. The van der Waals surface area contributed by atoms with E-state index < -0.39 is 0 Å². The molecule has 122 valence electrons. The molecular formula is C20H12Cl2N2O. The average molecular weight is 367 g/mol. The molecule has 2 aromatic heterocycles. The molecule has 0 saturated carbocycles. The minimum atomic E-state index is -0.0937. The first kappa shape index (κ1) is 15.9. The number of pyridine rings is 1. The number of H-pyrrole nitrogens is 1. The molecule has 25 heavy (non-hydrogen) atoms. The van der Waals surface area contributed by atoms with Crippen LogP contribution in [0.2, 0.25) is 10.0 Å². The molecule has 3 nitrogen and oxygen atoms in total. The summed E-state index contributed by atoms with van der Waals surface area (Å²) in [6, 6.07) is 16.4. The third kappa shape index (κ3) is 3.04. The fourth-order valence-electron chi connectivity index (χ4n) is 2.78. The zero-order valence-corrected chi connectivity index (χ0v) is 14.5. The molecular weight excluding hydrogens is 355 g/mol. The highest BCUT2D eigenvalue weighted by Gasteiger charge is 2.16. The number of hydrogen-bond donors (Lipinski definition) is 1. The lowest BCUT2D eigenvalue weighted by atomic mass is 10.0. The van der Waals surface area contributed by atoms with Crippen molar-refractivity contribution in [1.29, 1.82) is 0 Å². The maximum Gasteiger partial charge on any atom is 0.195 e. The molecule has 0 unspecified atom stereocenters. The molecule has 2 aromatic carbocycles. The van der Waals surface area contributed by atoms with Gasteiger partial charge in [-0.1, -0.05) is 47.5 Å². The molecule has 0 saturated heterocycles. The molecule has 0 atom stereocenters. The molecule has 0 aliphatic carbocycles. The van der Waals surface area contributed by atoms with Crippen molar-refractivity contribution in [2.24, 2.45) is 0 Å². The van der Waals surface area contributed by atoms with Gasteiger partial charge in [0.15, 0.2) is 5.78 Å². The molecule has 5 heteroatoms. The zero-order chi connectivity index (χ0) is 17.4. The highest BCUT2D eigenvalue weighted by Crippen LogP contribution is 2.27. The number of rotatable bonds is 3. The van der Waals surface area contributed by atoms with Gasteiger partial charge < -0.3 is 4.98 Å². The number of nitrogens with one attached hydrogen (secondary N) is 1. The summed E-state index contributed by atoms with van der Waals surface area (Å²) < 4.78 is 0. The predicted octanol–water partition coefficient (Wildman–Crippen LogP) is 5.77. The summed E-state index contributed by atoms with van der Waals surface area (Å²) in [5.74, 6) is -0.0937. The van der Waals surface area contributed by atoms with Crippen LogP contribution in [0, 0.1) is 0 Å². The topological polar surface area (TPSA) is 45.8 Å². The maximum atomic E-state index is 12.8. The van der Waals surface area contributed by atoms with Gasteiger partial charge in [0, 0.05) is 44.5 Å². The average Bonchev–Trinajstić information content (AvgIpc) is 3.05. The summed E-state index contributed by atoms with van der Waals surface area (Å²) in [6.07, 6.45) is 3.46. The van der Waals surface area contributed by atoms with Crippen molar-refractivity contribution >= 4 is 40.0 Å². The van der Waals surface area contributed by atoms with Gasteiger partial charge in [-0.25, -0.2) is 4.98 Å². The number of halogens is 2. The molecule has 2 heterocycles. The van der Waals surface area contributed by atoms with Gasteiger partial charge in [0.2, 0.25) is 0 Å². The van der Waals surface area contributed by atoms with Crippen molar-refractivity contribution in [3.05, 3.63) is 88.2 Å². The van der Waals surface area contributed by atoms with Crippen LogP contribution in [0.15, 0.2) is 67.0 Å². The van der Waals surface area contributed by atoms with Gasteiger partial charge >= 0.3 is 0 Å².